The summed E-state index contributed by atoms with van der Waals surface area (Å²) < 4.78 is 26.0. The lowest BCUT2D eigenvalue weighted by molar-refractivity contribution is -0.210. The molecule has 1 heterocycles. The van der Waals surface area contributed by atoms with E-state index in [0.29, 0.717) is 5.57 Å². The molecule has 1 aliphatic heterocycles. The maximum atomic E-state index is 12.3. The minimum atomic E-state index is -1.26. The second kappa shape index (κ2) is 8.60. The van der Waals surface area contributed by atoms with Crippen LogP contribution in [0, 0.1) is 0 Å². The number of carbonyl (C=O) groups is 1. The second-order valence-electron chi connectivity index (χ2n) is 6.21. The van der Waals surface area contributed by atoms with Crippen molar-refractivity contribution in [3.63, 3.8) is 0 Å². The molecule has 0 aromatic rings. The summed E-state index contributed by atoms with van der Waals surface area (Å²) in [4.78, 5) is 13.4. The smallest absolute Gasteiger partial charge is 0.412 e. The summed E-state index contributed by atoms with van der Waals surface area (Å²) in [7, 11) is 2.95. The number of aliphatic hydroxyl groups excluding tert-OH is 1. The van der Waals surface area contributed by atoms with E-state index in [2.05, 4.69) is 6.58 Å². The van der Waals surface area contributed by atoms with E-state index < -0.39 is 30.1 Å². The molecule has 0 spiro atoms. The molecule has 0 aromatic carbocycles. The van der Waals surface area contributed by atoms with Crippen molar-refractivity contribution in [1.82, 2.24) is 4.90 Å². The Bertz CT molecular complexity index is 407. The average molecular weight is 333 g/mol. The van der Waals surface area contributed by atoms with Gasteiger partial charge in [-0.2, -0.15) is 0 Å². The van der Waals surface area contributed by atoms with Gasteiger partial charge < -0.3 is 28.8 Å². The molecule has 0 bridgehead atoms. The van der Waals surface area contributed by atoms with E-state index >= 15 is 0 Å². The predicted octanol–water partition coefficient (Wildman–Crippen LogP) is 1.09. The number of rotatable bonds is 6. The highest BCUT2D eigenvalue weighted by Gasteiger charge is 2.44. The Hall–Kier alpha value is -1.19. The van der Waals surface area contributed by atoms with Crippen molar-refractivity contribution in [3.05, 3.63) is 12.2 Å². The number of piperidine rings is 1. The van der Waals surface area contributed by atoms with E-state index in [1.807, 2.05) is 0 Å². The zero-order valence-electron chi connectivity index (χ0n) is 14.4. The fourth-order valence-electron chi connectivity index (χ4n) is 2.14. The van der Waals surface area contributed by atoms with E-state index in [4.69, 9.17) is 23.7 Å². The molecule has 1 rings (SSSR count). The Morgan fingerprint density at radius 1 is 1.26 bits per heavy atom. The maximum Gasteiger partial charge on any atom is 0.412 e. The molecule has 8 heteroatoms. The largest absolute Gasteiger partial charge is 0.444 e. The normalized spacial score (nSPS) is 25.6. The fraction of sp³-hybridized carbons (Fsp3) is 0.800. The quantitative estimate of drug-likeness (QED) is 0.575. The van der Waals surface area contributed by atoms with Crippen LogP contribution in [0.3, 0.4) is 0 Å². The van der Waals surface area contributed by atoms with E-state index in [1.54, 1.807) is 20.8 Å². The van der Waals surface area contributed by atoms with Crippen LogP contribution in [0.4, 0.5) is 4.79 Å². The molecule has 0 aromatic heterocycles. The number of methoxy groups -OCH3 is 2. The molecular formula is C15H27NO7. The van der Waals surface area contributed by atoms with Crippen LogP contribution in [-0.4, -0.2) is 74.5 Å². The first-order valence-corrected chi connectivity index (χ1v) is 7.27. The number of ether oxygens (including phenoxy) is 5. The second-order valence-corrected chi connectivity index (χ2v) is 6.21. The first-order valence-electron chi connectivity index (χ1n) is 7.27. The molecule has 0 radical (unpaired) electrons. The van der Waals surface area contributed by atoms with E-state index in [9.17, 15) is 9.90 Å². The van der Waals surface area contributed by atoms with Gasteiger partial charge in [-0.15, -0.1) is 0 Å². The van der Waals surface area contributed by atoms with E-state index in [1.165, 1.54) is 14.2 Å². The van der Waals surface area contributed by atoms with Crippen molar-refractivity contribution < 1.29 is 33.6 Å². The zero-order valence-corrected chi connectivity index (χ0v) is 14.4. The number of hydrogen-bond acceptors (Lipinski definition) is 7. The fourth-order valence-corrected chi connectivity index (χ4v) is 2.14. The minimum Gasteiger partial charge on any atom is -0.444 e. The highest BCUT2D eigenvalue weighted by molar-refractivity contribution is 5.69. The van der Waals surface area contributed by atoms with Gasteiger partial charge in [0.2, 0.25) is 0 Å². The van der Waals surface area contributed by atoms with Gasteiger partial charge in [0.25, 0.3) is 0 Å². The zero-order chi connectivity index (χ0) is 17.6. The average Bonchev–Trinajstić information content (AvgIpc) is 2.44. The summed E-state index contributed by atoms with van der Waals surface area (Å²) in [5.74, 6) is 0. The van der Waals surface area contributed by atoms with Crippen molar-refractivity contribution in [2.24, 2.45) is 0 Å². The van der Waals surface area contributed by atoms with Crippen LogP contribution in [0.5, 0.6) is 0 Å². The summed E-state index contributed by atoms with van der Waals surface area (Å²) in [5, 5.41) is 10.5. The van der Waals surface area contributed by atoms with Gasteiger partial charge in [0.15, 0.2) is 6.23 Å². The monoisotopic (exact) mass is 333 g/mol. The molecule has 23 heavy (non-hydrogen) atoms. The first kappa shape index (κ1) is 19.9. The number of hydrogen-bond donors (Lipinski definition) is 1. The van der Waals surface area contributed by atoms with Crippen LogP contribution in [0.25, 0.3) is 0 Å². The third-order valence-electron chi connectivity index (χ3n) is 3.06. The van der Waals surface area contributed by atoms with Crippen LogP contribution in [-0.2, 0) is 23.7 Å². The molecule has 134 valence electrons. The van der Waals surface area contributed by atoms with Crippen LogP contribution in [0.15, 0.2) is 12.2 Å². The summed E-state index contributed by atoms with van der Waals surface area (Å²) in [6, 6.07) is 0. The summed E-state index contributed by atoms with van der Waals surface area (Å²) in [5.41, 5.74) is -0.107. The summed E-state index contributed by atoms with van der Waals surface area (Å²) in [6.45, 7) is 9.20. The molecule has 3 atom stereocenters. The number of likely N-dealkylation sites (tertiary alicyclic amines) is 1. The summed E-state index contributed by atoms with van der Waals surface area (Å²) >= 11 is 0. The summed E-state index contributed by atoms with van der Waals surface area (Å²) in [6.07, 6.45) is -3.40. The van der Waals surface area contributed by atoms with Crippen molar-refractivity contribution >= 4 is 6.09 Å². The molecule has 1 unspecified atom stereocenters. The lowest BCUT2D eigenvalue weighted by Gasteiger charge is -2.43. The lowest BCUT2D eigenvalue weighted by atomic mass is 9.98. The molecule has 1 amide bonds. The molecular weight excluding hydrogens is 306 g/mol. The van der Waals surface area contributed by atoms with Gasteiger partial charge in [0, 0.05) is 20.8 Å². The molecule has 1 N–H and O–H groups in total. The van der Waals surface area contributed by atoms with Gasteiger partial charge in [-0.1, -0.05) is 6.58 Å². The van der Waals surface area contributed by atoms with Gasteiger partial charge in [0.1, 0.15) is 31.4 Å². The van der Waals surface area contributed by atoms with E-state index in [0.717, 1.165) is 4.90 Å². The third-order valence-corrected chi connectivity index (χ3v) is 3.06. The van der Waals surface area contributed by atoms with Crippen LogP contribution in [0.2, 0.25) is 0 Å². The maximum absolute atomic E-state index is 12.3. The Kier molecular flexibility index (Phi) is 7.43. The van der Waals surface area contributed by atoms with Crippen molar-refractivity contribution in [3.8, 4) is 0 Å². The number of amides is 1. The van der Waals surface area contributed by atoms with Gasteiger partial charge in [-0.3, -0.25) is 4.90 Å². The van der Waals surface area contributed by atoms with Crippen LogP contribution < -0.4 is 0 Å². The van der Waals surface area contributed by atoms with Gasteiger partial charge in [0.05, 0.1) is 0 Å². The predicted molar refractivity (Wildman–Crippen MR) is 81.6 cm³/mol. The van der Waals surface area contributed by atoms with Crippen molar-refractivity contribution in [1.29, 1.82) is 0 Å². The molecule has 1 saturated heterocycles. The molecule has 0 saturated carbocycles. The van der Waals surface area contributed by atoms with Gasteiger partial charge in [-0.05, 0) is 26.3 Å². The highest BCUT2D eigenvalue weighted by atomic mass is 16.7. The molecule has 1 aliphatic rings. The van der Waals surface area contributed by atoms with E-state index in [-0.39, 0.29) is 20.1 Å². The van der Waals surface area contributed by atoms with Gasteiger partial charge in [-0.25, -0.2) is 4.79 Å². The third kappa shape index (κ3) is 5.74. The Labute approximate surface area is 136 Å². The first-order chi connectivity index (χ1) is 10.7. The SMILES string of the molecule is C=C1CN(C(=O)OC(C)(C)C)C(O)[C@@H](OCOC)[C@@H]1OCOC. The number of carbonyl (C=O) groups excluding carboxylic acids is 1. The highest BCUT2D eigenvalue weighted by Crippen LogP contribution is 2.27. The molecule has 0 aliphatic carbocycles. The number of aliphatic hydroxyl groups is 1. The topological polar surface area (TPSA) is 86.7 Å². The van der Waals surface area contributed by atoms with Crippen LogP contribution in [0.1, 0.15) is 20.8 Å². The Balaban J connectivity index is 2.89. The lowest BCUT2D eigenvalue weighted by Crippen LogP contribution is -2.60. The standard InChI is InChI=1S/C15H27NO7/c1-10-7-16(14(18)23-15(2,3)4)13(17)12(22-9-20-6)11(10)21-8-19-5/h11-13,17H,1,7-9H2,2-6H3/t11-,12+,13?/m1/s1. The molecule has 1 fully saturated rings. The van der Waals surface area contributed by atoms with Crippen molar-refractivity contribution in [2.45, 2.75) is 44.8 Å². The Morgan fingerprint density at radius 2 is 1.83 bits per heavy atom. The van der Waals surface area contributed by atoms with Gasteiger partial charge >= 0.3 is 6.09 Å². The van der Waals surface area contributed by atoms with Crippen molar-refractivity contribution in [2.75, 3.05) is 34.4 Å². The number of nitrogens with zero attached hydrogens (tertiary/aromatic N) is 1. The molecule has 8 nitrogen and oxygen atoms in total. The Morgan fingerprint density at radius 3 is 2.35 bits per heavy atom. The van der Waals surface area contributed by atoms with Crippen LogP contribution >= 0.6 is 0 Å². The minimum absolute atomic E-state index is 0.00961.